The van der Waals surface area contributed by atoms with Crippen LogP contribution in [0.4, 0.5) is 0 Å². The van der Waals surface area contributed by atoms with E-state index in [1.54, 1.807) is 12.3 Å². The first-order valence-electron chi connectivity index (χ1n) is 6.33. The molecule has 5 nitrogen and oxygen atoms in total. The highest BCUT2D eigenvalue weighted by Crippen LogP contribution is 2.33. The predicted octanol–water partition coefficient (Wildman–Crippen LogP) is 3.18. The number of hydrogen-bond acceptors (Lipinski definition) is 5. The zero-order valence-corrected chi connectivity index (χ0v) is 12.4. The molecule has 0 aliphatic carbocycles. The molecule has 3 aromatic rings. The number of benzene rings is 1. The fourth-order valence-electron chi connectivity index (χ4n) is 2.22. The first-order valence-corrected chi connectivity index (χ1v) is 7.21. The van der Waals surface area contributed by atoms with Crippen LogP contribution < -0.4 is 5.73 Å². The molecule has 1 amide bonds. The molecular weight excluding hydrogens is 286 g/mol. The fraction of sp³-hybridized carbons (Fsp3) is 0.133. The van der Waals surface area contributed by atoms with E-state index in [9.17, 15) is 4.79 Å². The zero-order valence-electron chi connectivity index (χ0n) is 11.6. The van der Waals surface area contributed by atoms with E-state index in [2.05, 4.69) is 9.97 Å². The molecule has 21 heavy (non-hydrogen) atoms. The monoisotopic (exact) mass is 299 g/mol. The van der Waals surface area contributed by atoms with Crippen molar-refractivity contribution in [2.45, 2.75) is 13.8 Å². The summed E-state index contributed by atoms with van der Waals surface area (Å²) in [6.45, 7) is 3.84. The van der Waals surface area contributed by atoms with Crippen LogP contribution in [-0.4, -0.2) is 15.9 Å². The van der Waals surface area contributed by atoms with Gasteiger partial charge < -0.3 is 10.2 Å². The van der Waals surface area contributed by atoms with Gasteiger partial charge in [0.1, 0.15) is 11.3 Å². The minimum atomic E-state index is -0.491. The number of carbonyl (C=O) groups is 1. The van der Waals surface area contributed by atoms with Crippen LogP contribution in [0.15, 0.2) is 34.4 Å². The Balaban J connectivity index is 2.23. The third-order valence-electron chi connectivity index (χ3n) is 3.11. The van der Waals surface area contributed by atoms with Crippen LogP contribution >= 0.6 is 11.3 Å². The van der Waals surface area contributed by atoms with Gasteiger partial charge in [0.2, 0.25) is 11.8 Å². The number of primary amides is 1. The maximum atomic E-state index is 11.8. The molecule has 0 saturated carbocycles. The molecule has 0 aliphatic rings. The summed E-state index contributed by atoms with van der Waals surface area (Å²) >= 11 is 1.49. The van der Waals surface area contributed by atoms with Crippen molar-refractivity contribution in [3.05, 3.63) is 46.8 Å². The number of rotatable bonds is 3. The van der Waals surface area contributed by atoms with E-state index >= 15 is 0 Å². The Morgan fingerprint density at radius 3 is 2.71 bits per heavy atom. The van der Waals surface area contributed by atoms with Gasteiger partial charge in [0.25, 0.3) is 0 Å². The highest BCUT2D eigenvalue weighted by atomic mass is 32.1. The molecule has 0 bridgehead atoms. The summed E-state index contributed by atoms with van der Waals surface area (Å²) in [5, 5.41) is 2.74. The van der Waals surface area contributed by atoms with Crippen LogP contribution in [-0.2, 0) is 0 Å². The molecule has 0 spiro atoms. The van der Waals surface area contributed by atoms with Crippen molar-refractivity contribution in [1.29, 1.82) is 0 Å². The molecule has 2 N–H and O–H groups in total. The molecule has 6 heteroatoms. The molecule has 0 unspecified atom stereocenters. The van der Waals surface area contributed by atoms with Crippen molar-refractivity contribution in [3.63, 3.8) is 0 Å². The molecule has 2 heterocycles. The number of nitrogens with zero attached hydrogens (tertiary/aromatic N) is 2. The summed E-state index contributed by atoms with van der Waals surface area (Å²) in [5.74, 6) is -0.0307. The van der Waals surface area contributed by atoms with E-state index in [4.69, 9.17) is 10.2 Å². The maximum Gasteiger partial charge on any atom is 0.249 e. The predicted molar refractivity (Wildman–Crippen MR) is 81.0 cm³/mol. The standard InChI is InChI=1S/C15H13N3O2S/c1-8-5-10(14-17-3-4-20-14)6-11(13(16)19)12(8)15-18-9(2)7-21-15/h3-7H,1-2H3,(H2,16,19). The van der Waals surface area contributed by atoms with Crippen LogP contribution in [0, 0.1) is 13.8 Å². The SMILES string of the molecule is Cc1csc(-c2c(C)cc(-c3ncco3)cc2C(N)=O)n1. The zero-order chi connectivity index (χ0) is 15.0. The van der Waals surface area contributed by atoms with Crippen molar-refractivity contribution in [2.75, 3.05) is 0 Å². The molecule has 0 saturated heterocycles. The lowest BCUT2D eigenvalue weighted by atomic mass is 9.98. The van der Waals surface area contributed by atoms with Gasteiger partial charge in [-0.1, -0.05) is 0 Å². The average molecular weight is 299 g/mol. The second-order valence-electron chi connectivity index (χ2n) is 4.71. The Morgan fingerprint density at radius 1 is 1.33 bits per heavy atom. The third kappa shape index (κ3) is 2.45. The smallest absolute Gasteiger partial charge is 0.249 e. The van der Waals surface area contributed by atoms with Gasteiger partial charge in [0.15, 0.2) is 0 Å². The second kappa shape index (κ2) is 5.14. The van der Waals surface area contributed by atoms with Gasteiger partial charge >= 0.3 is 0 Å². The van der Waals surface area contributed by atoms with E-state index in [0.717, 1.165) is 27.4 Å². The third-order valence-corrected chi connectivity index (χ3v) is 4.09. The second-order valence-corrected chi connectivity index (χ2v) is 5.57. The minimum absolute atomic E-state index is 0.428. The number of aromatic nitrogens is 2. The van der Waals surface area contributed by atoms with E-state index in [-0.39, 0.29) is 0 Å². The van der Waals surface area contributed by atoms with Gasteiger partial charge in [0, 0.05) is 22.2 Å². The molecule has 0 fully saturated rings. The van der Waals surface area contributed by atoms with Crippen LogP contribution in [0.3, 0.4) is 0 Å². The van der Waals surface area contributed by atoms with Crippen LogP contribution in [0.25, 0.3) is 22.0 Å². The molecular formula is C15H13N3O2S. The van der Waals surface area contributed by atoms with E-state index in [1.165, 1.54) is 17.6 Å². The Bertz CT molecular complexity index is 806. The highest BCUT2D eigenvalue weighted by Gasteiger charge is 2.18. The Labute approximate surface area is 125 Å². The van der Waals surface area contributed by atoms with Crippen molar-refractivity contribution in [1.82, 2.24) is 9.97 Å². The topological polar surface area (TPSA) is 82.0 Å². The number of oxazole rings is 1. The van der Waals surface area contributed by atoms with Gasteiger partial charge in [-0.25, -0.2) is 9.97 Å². The number of thiazole rings is 1. The number of nitrogens with two attached hydrogens (primary N) is 1. The molecule has 106 valence electrons. The largest absolute Gasteiger partial charge is 0.445 e. The lowest BCUT2D eigenvalue weighted by molar-refractivity contribution is 0.100. The van der Waals surface area contributed by atoms with Crippen molar-refractivity contribution in [2.24, 2.45) is 5.73 Å². The van der Waals surface area contributed by atoms with Crippen LogP contribution in [0.1, 0.15) is 21.6 Å². The molecule has 0 aliphatic heterocycles. The van der Waals surface area contributed by atoms with Crippen LogP contribution in [0.5, 0.6) is 0 Å². The van der Waals surface area contributed by atoms with E-state index in [0.29, 0.717) is 11.5 Å². The lowest BCUT2D eigenvalue weighted by Gasteiger charge is -2.10. The summed E-state index contributed by atoms with van der Waals surface area (Å²) < 4.78 is 5.28. The van der Waals surface area contributed by atoms with Crippen molar-refractivity contribution >= 4 is 17.2 Å². The van der Waals surface area contributed by atoms with Crippen molar-refractivity contribution in [3.8, 4) is 22.0 Å². The molecule has 0 radical (unpaired) electrons. The summed E-state index contributed by atoms with van der Waals surface area (Å²) in [6.07, 6.45) is 3.05. The molecule has 0 atom stereocenters. The van der Waals surface area contributed by atoms with E-state index in [1.807, 2.05) is 25.3 Å². The van der Waals surface area contributed by atoms with E-state index < -0.39 is 5.91 Å². The first kappa shape index (κ1) is 13.5. The number of amides is 1. The molecule has 3 rings (SSSR count). The summed E-state index contributed by atoms with van der Waals surface area (Å²) in [4.78, 5) is 20.4. The average Bonchev–Trinajstić information content (AvgIpc) is 3.08. The first-order chi connectivity index (χ1) is 10.1. The highest BCUT2D eigenvalue weighted by molar-refractivity contribution is 7.13. The Hall–Kier alpha value is -2.47. The summed E-state index contributed by atoms with van der Waals surface area (Å²) in [5.41, 5.74) is 9.29. The number of aryl methyl sites for hydroxylation is 2. The molecule has 2 aromatic heterocycles. The van der Waals surface area contributed by atoms with Crippen LogP contribution in [0.2, 0.25) is 0 Å². The number of hydrogen-bond donors (Lipinski definition) is 1. The maximum absolute atomic E-state index is 11.8. The summed E-state index contributed by atoms with van der Waals surface area (Å²) in [7, 11) is 0. The van der Waals surface area contributed by atoms with Gasteiger partial charge in [-0.15, -0.1) is 11.3 Å². The van der Waals surface area contributed by atoms with Gasteiger partial charge in [0.05, 0.1) is 11.8 Å². The summed E-state index contributed by atoms with van der Waals surface area (Å²) in [6, 6.07) is 3.62. The number of carbonyl (C=O) groups excluding carboxylic acids is 1. The van der Waals surface area contributed by atoms with Gasteiger partial charge in [-0.2, -0.15) is 0 Å². The Morgan fingerprint density at radius 2 is 2.14 bits per heavy atom. The minimum Gasteiger partial charge on any atom is -0.445 e. The van der Waals surface area contributed by atoms with Gasteiger partial charge in [-0.3, -0.25) is 4.79 Å². The quantitative estimate of drug-likeness (QED) is 0.805. The fourth-order valence-corrected chi connectivity index (χ4v) is 3.14. The normalized spacial score (nSPS) is 10.8. The molecule has 1 aromatic carbocycles. The Kier molecular flexibility index (Phi) is 3.31. The van der Waals surface area contributed by atoms with Gasteiger partial charge in [-0.05, 0) is 31.5 Å². The lowest BCUT2D eigenvalue weighted by Crippen LogP contribution is -2.13. The van der Waals surface area contributed by atoms with Crippen molar-refractivity contribution < 1.29 is 9.21 Å².